The van der Waals surface area contributed by atoms with Crippen molar-refractivity contribution in [3.05, 3.63) is 99.0 Å². The van der Waals surface area contributed by atoms with Crippen molar-refractivity contribution in [3.8, 4) is 0 Å². The SMILES string of the molecule is Cc1cccc(NC(=O)c2cc3c([nH]c2=O)CC(c2ccccc2)CC3=O)c1. The Morgan fingerprint density at radius 1 is 1.00 bits per heavy atom. The van der Waals surface area contributed by atoms with Gasteiger partial charge in [0.05, 0.1) is 0 Å². The number of hydrogen-bond acceptors (Lipinski definition) is 3. The van der Waals surface area contributed by atoms with E-state index >= 15 is 0 Å². The molecule has 28 heavy (non-hydrogen) atoms. The lowest BCUT2D eigenvalue weighted by Gasteiger charge is -2.24. The van der Waals surface area contributed by atoms with Crippen molar-refractivity contribution < 1.29 is 9.59 Å². The highest BCUT2D eigenvalue weighted by Gasteiger charge is 2.28. The van der Waals surface area contributed by atoms with Crippen LogP contribution in [0.4, 0.5) is 5.69 Å². The summed E-state index contributed by atoms with van der Waals surface area (Å²) in [6.45, 7) is 1.92. The topological polar surface area (TPSA) is 79.0 Å². The van der Waals surface area contributed by atoms with Crippen LogP contribution in [0.2, 0.25) is 0 Å². The molecule has 0 radical (unpaired) electrons. The van der Waals surface area contributed by atoms with Crippen molar-refractivity contribution >= 4 is 17.4 Å². The van der Waals surface area contributed by atoms with Gasteiger partial charge in [-0.05, 0) is 48.6 Å². The number of aromatic amines is 1. The van der Waals surface area contributed by atoms with Crippen LogP contribution in [0.25, 0.3) is 0 Å². The fourth-order valence-electron chi connectivity index (χ4n) is 3.68. The molecule has 1 heterocycles. The molecule has 1 amide bonds. The molecule has 3 aromatic rings. The number of benzene rings is 2. The number of rotatable bonds is 3. The van der Waals surface area contributed by atoms with E-state index in [-0.39, 0.29) is 17.3 Å². The zero-order valence-corrected chi connectivity index (χ0v) is 15.5. The second kappa shape index (κ2) is 7.27. The number of anilines is 1. The molecule has 0 fully saturated rings. The van der Waals surface area contributed by atoms with Crippen LogP contribution in [0.5, 0.6) is 0 Å². The van der Waals surface area contributed by atoms with Gasteiger partial charge in [0, 0.05) is 23.4 Å². The highest BCUT2D eigenvalue weighted by atomic mass is 16.2. The van der Waals surface area contributed by atoms with Gasteiger partial charge in [0.2, 0.25) is 0 Å². The molecule has 2 N–H and O–H groups in total. The summed E-state index contributed by atoms with van der Waals surface area (Å²) < 4.78 is 0. The van der Waals surface area contributed by atoms with Crippen LogP contribution in [0.1, 0.15) is 49.9 Å². The van der Waals surface area contributed by atoms with E-state index in [0.717, 1.165) is 11.1 Å². The molecule has 0 bridgehead atoms. The van der Waals surface area contributed by atoms with Crippen molar-refractivity contribution in [3.63, 3.8) is 0 Å². The molecule has 1 aliphatic carbocycles. The maximum atomic E-state index is 12.7. The number of nitrogens with one attached hydrogen (secondary N) is 2. The average molecular weight is 372 g/mol. The number of carbonyl (C=O) groups excluding carboxylic acids is 2. The minimum atomic E-state index is -0.521. The van der Waals surface area contributed by atoms with Crippen LogP contribution in [-0.4, -0.2) is 16.7 Å². The monoisotopic (exact) mass is 372 g/mol. The Morgan fingerprint density at radius 3 is 2.54 bits per heavy atom. The Balaban J connectivity index is 1.63. The first-order valence-corrected chi connectivity index (χ1v) is 9.23. The molecule has 1 aromatic heterocycles. The minimum absolute atomic E-state index is 0.0313. The zero-order valence-electron chi connectivity index (χ0n) is 15.5. The largest absolute Gasteiger partial charge is 0.325 e. The van der Waals surface area contributed by atoms with E-state index < -0.39 is 11.5 Å². The molecule has 0 aliphatic heterocycles. The van der Waals surface area contributed by atoms with Gasteiger partial charge in [-0.1, -0.05) is 42.5 Å². The van der Waals surface area contributed by atoms with Crippen molar-refractivity contribution in [2.75, 3.05) is 5.32 Å². The summed E-state index contributed by atoms with van der Waals surface area (Å²) in [5.74, 6) is -0.549. The van der Waals surface area contributed by atoms with Crippen LogP contribution < -0.4 is 10.9 Å². The second-order valence-electron chi connectivity index (χ2n) is 7.17. The third kappa shape index (κ3) is 3.51. The zero-order chi connectivity index (χ0) is 19.7. The second-order valence-corrected chi connectivity index (χ2v) is 7.17. The number of hydrogen-bond donors (Lipinski definition) is 2. The lowest BCUT2D eigenvalue weighted by Crippen LogP contribution is -2.29. The van der Waals surface area contributed by atoms with E-state index in [1.165, 1.54) is 6.07 Å². The predicted octanol–water partition coefficient (Wildman–Crippen LogP) is 3.85. The molecule has 0 saturated heterocycles. The van der Waals surface area contributed by atoms with Crippen molar-refractivity contribution in [2.45, 2.75) is 25.7 Å². The van der Waals surface area contributed by atoms with E-state index in [2.05, 4.69) is 10.3 Å². The minimum Gasteiger partial charge on any atom is -0.325 e. The van der Waals surface area contributed by atoms with Gasteiger partial charge >= 0.3 is 0 Å². The Bertz CT molecular complexity index is 1120. The number of fused-ring (bicyclic) bond motifs is 1. The molecule has 1 aliphatic rings. The summed E-state index contributed by atoms with van der Waals surface area (Å²) >= 11 is 0. The normalized spacial score (nSPS) is 15.8. The number of H-pyrrole nitrogens is 1. The smallest absolute Gasteiger partial charge is 0.261 e. The summed E-state index contributed by atoms with van der Waals surface area (Å²) in [6, 6.07) is 18.6. The number of carbonyl (C=O) groups is 2. The number of aryl methyl sites for hydroxylation is 1. The first-order chi connectivity index (χ1) is 13.5. The fourth-order valence-corrected chi connectivity index (χ4v) is 3.68. The number of ketones is 1. The number of amides is 1. The number of Topliss-reactive ketones (excluding diaryl/α,β-unsaturated/α-hetero) is 1. The predicted molar refractivity (Wildman–Crippen MR) is 108 cm³/mol. The van der Waals surface area contributed by atoms with Crippen LogP contribution in [0.3, 0.4) is 0 Å². The van der Waals surface area contributed by atoms with Crippen molar-refractivity contribution in [2.24, 2.45) is 0 Å². The lowest BCUT2D eigenvalue weighted by atomic mass is 9.81. The van der Waals surface area contributed by atoms with E-state index in [4.69, 9.17) is 0 Å². The number of aromatic nitrogens is 1. The average Bonchev–Trinajstić information content (AvgIpc) is 2.68. The Morgan fingerprint density at radius 2 is 1.79 bits per heavy atom. The summed E-state index contributed by atoms with van der Waals surface area (Å²) in [4.78, 5) is 40.6. The van der Waals surface area contributed by atoms with Crippen LogP contribution in [0.15, 0.2) is 65.5 Å². The van der Waals surface area contributed by atoms with E-state index in [1.807, 2.05) is 55.5 Å². The van der Waals surface area contributed by atoms with Gasteiger partial charge in [-0.25, -0.2) is 0 Å². The Labute approximate surface area is 162 Å². The molecular weight excluding hydrogens is 352 g/mol. The lowest BCUT2D eigenvalue weighted by molar-refractivity contribution is 0.0963. The maximum Gasteiger partial charge on any atom is 0.261 e. The summed E-state index contributed by atoms with van der Waals surface area (Å²) in [5.41, 5.74) is 3.18. The van der Waals surface area contributed by atoms with E-state index in [1.54, 1.807) is 6.07 Å². The first kappa shape index (κ1) is 17.9. The molecule has 1 atom stereocenters. The molecule has 5 nitrogen and oxygen atoms in total. The molecule has 140 valence electrons. The van der Waals surface area contributed by atoms with E-state index in [0.29, 0.717) is 29.8 Å². The molecular formula is C23H20N2O3. The maximum absolute atomic E-state index is 12.7. The third-order valence-corrected chi connectivity index (χ3v) is 5.10. The molecule has 5 heteroatoms. The molecule has 0 saturated carbocycles. The third-order valence-electron chi connectivity index (χ3n) is 5.10. The summed E-state index contributed by atoms with van der Waals surface area (Å²) in [6.07, 6.45) is 0.933. The quantitative estimate of drug-likeness (QED) is 0.733. The van der Waals surface area contributed by atoms with Gasteiger partial charge in [0.1, 0.15) is 5.56 Å². The molecule has 0 spiro atoms. The molecule has 1 unspecified atom stereocenters. The van der Waals surface area contributed by atoms with Gasteiger partial charge in [-0.3, -0.25) is 14.4 Å². The van der Waals surface area contributed by atoms with Gasteiger partial charge in [0.25, 0.3) is 11.5 Å². The fraction of sp³-hybridized carbons (Fsp3) is 0.174. The highest BCUT2D eigenvalue weighted by molar-refractivity contribution is 6.06. The summed E-state index contributed by atoms with van der Waals surface area (Å²) in [7, 11) is 0. The van der Waals surface area contributed by atoms with Crippen LogP contribution in [-0.2, 0) is 6.42 Å². The van der Waals surface area contributed by atoms with Gasteiger partial charge in [-0.2, -0.15) is 0 Å². The molecule has 4 rings (SSSR count). The highest BCUT2D eigenvalue weighted by Crippen LogP contribution is 2.31. The standard InChI is InChI=1S/C23H20N2O3/c1-14-6-5-9-17(10-14)24-22(27)19-13-18-20(25-23(19)28)11-16(12-21(18)26)15-7-3-2-4-8-15/h2-10,13,16H,11-12H2,1H3,(H,24,27)(H,25,28). The van der Waals surface area contributed by atoms with E-state index in [9.17, 15) is 14.4 Å². The first-order valence-electron chi connectivity index (χ1n) is 9.23. The van der Waals surface area contributed by atoms with Crippen LogP contribution >= 0.6 is 0 Å². The van der Waals surface area contributed by atoms with Gasteiger partial charge < -0.3 is 10.3 Å². The van der Waals surface area contributed by atoms with Crippen LogP contribution in [0, 0.1) is 6.92 Å². The number of pyridine rings is 1. The Kier molecular flexibility index (Phi) is 4.65. The molecule has 2 aromatic carbocycles. The Hall–Kier alpha value is -3.47. The van der Waals surface area contributed by atoms with Crippen molar-refractivity contribution in [1.29, 1.82) is 0 Å². The van der Waals surface area contributed by atoms with Crippen molar-refractivity contribution in [1.82, 2.24) is 4.98 Å². The van der Waals surface area contributed by atoms with Gasteiger partial charge in [0.15, 0.2) is 5.78 Å². The summed E-state index contributed by atoms with van der Waals surface area (Å²) in [5, 5.41) is 2.73. The van der Waals surface area contributed by atoms with Gasteiger partial charge in [-0.15, -0.1) is 0 Å².